The first-order chi connectivity index (χ1) is 13.5. The molecule has 1 atom stereocenters. The van der Waals surface area contributed by atoms with Gasteiger partial charge in [0, 0.05) is 25.1 Å². The van der Waals surface area contributed by atoms with Crippen LogP contribution in [-0.4, -0.2) is 74.1 Å². The number of aromatic carboxylic acids is 1. The van der Waals surface area contributed by atoms with E-state index < -0.39 is 5.97 Å². The fourth-order valence-corrected chi connectivity index (χ4v) is 3.91. The highest BCUT2D eigenvalue weighted by molar-refractivity contribution is 5.89. The van der Waals surface area contributed by atoms with Crippen LogP contribution in [0.1, 0.15) is 34.6 Å². The van der Waals surface area contributed by atoms with Gasteiger partial charge in [0.1, 0.15) is 5.82 Å². The molecule has 3 heterocycles. The number of nitrogens with zero attached hydrogens (tertiary/aromatic N) is 3. The lowest BCUT2D eigenvalue weighted by Gasteiger charge is -2.32. The number of hydrogen-bond donors (Lipinski definition) is 3. The summed E-state index contributed by atoms with van der Waals surface area (Å²) in [6, 6.07) is 6.66. The Morgan fingerprint density at radius 2 is 2.14 bits per heavy atom. The molecule has 3 N–H and O–H groups in total. The van der Waals surface area contributed by atoms with Crippen molar-refractivity contribution in [3.05, 3.63) is 41.2 Å². The molecule has 0 spiro atoms. The number of carboxylic acids is 1. The van der Waals surface area contributed by atoms with Crippen LogP contribution in [0.3, 0.4) is 0 Å². The number of carbonyl (C=O) groups excluding carboxylic acids is 1. The number of benzene rings is 1. The van der Waals surface area contributed by atoms with Crippen molar-refractivity contribution in [1.82, 2.24) is 19.8 Å². The number of β-amino-alcohol motifs (C(OH)–C–C–N with tert-alkyl or cyclic N) is 1. The van der Waals surface area contributed by atoms with Crippen LogP contribution < -0.4 is 0 Å². The monoisotopic (exact) mass is 384 g/mol. The summed E-state index contributed by atoms with van der Waals surface area (Å²) in [5.74, 6) is -0.289. The first-order valence-corrected chi connectivity index (χ1v) is 9.59. The summed E-state index contributed by atoms with van der Waals surface area (Å²) in [5, 5.41) is 19.0. The van der Waals surface area contributed by atoms with Crippen LogP contribution in [-0.2, 0) is 17.8 Å². The minimum absolute atomic E-state index is 0.0591. The summed E-state index contributed by atoms with van der Waals surface area (Å²) in [5.41, 5.74) is 2.75. The first kappa shape index (κ1) is 18.6. The Balaban J connectivity index is 1.45. The smallest absolute Gasteiger partial charge is 0.335 e. The predicted octanol–water partition coefficient (Wildman–Crippen LogP) is 1.12. The molecule has 2 aliphatic rings. The first-order valence-electron chi connectivity index (χ1n) is 9.59. The van der Waals surface area contributed by atoms with Crippen molar-refractivity contribution < 1.29 is 19.8 Å². The second-order valence-electron chi connectivity index (χ2n) is 7.49. The molecule has 0 aliphatic carbocycles. The molecule has 0 saturated carbocycles. The summed E-state index contributed by atoms with van der Waals surface area (Å²) < 4.78 is 0. The van der Waals surface area contributed by atoms with Crippen molar-refractivity contribution in [3.63, 3.8) is 0 Å². The van der Waals surface area contributed by atoms with Gasteiger partial charge in [-0.05, 0) is 31.5 Å². The number of nitrogens with one attached hydrogen (secondary N) is 1. The maximum atomic E-state index is 12.7. The number of imidazole rings is 1. The van der Waals surface area contributed by atoms with Gasteiger partial charge in [-0.3, -0.25) is 9.69 Å². The van der Waals surface area contributed by atoms with E-state index in [0.29, 0.717) is 38.4 Å². The van der Waals surface area contributed by atoms with Crippen LogP contribution in [0.15, 0.2) is 24.3 Å². The van der Waals surface area contributed by atoms with E-state index in [0.717, 1.165) is 36.3 Å². The number of aliphatic hydroxyl groups is 1. The number of likely N-dealkylation sites (tertiary alicyclic amines) is 1. The molecular formula is C20H24N4O4. The third-order valence-electron chi connectivity index (χ3n) is 5.41. The number of H-pyrrole nitrogens is 1. The molecule has 1 amide bonds. The molecule has 148 valence electrons. The van der Waals surface area contributed by atoms with Gasteiger partial charge in [-0.15, -0.1) is 0 Å². The molecular weight excluding hydrogens is 360 g/mol. The van der Waals surface area contributed by atoms with Gasteiger partial charge in [0.15, 0.2) is 0 Å². The Morgan fingerprint density at radius 3 is 2.93 bits per heavy atom. The van der Waals surface area contributed by atoms with Crippen LogP contribution in [0.25, 0.3) is 11.4 Å². The number of rotatable bonds is 4. The van der Waals surface area contributed by atoms with Gasteiger partial charge in [0.25, 0.3) is 0 Å². The van der Waals surface area contributed by atoms with Crippen LogP contribution in [0.4, 0.5) is 0 Å². The highest BCUT2D eigenvalue weighted by atomic mass is 16.4. The number of aromatic nitrogens is 2. The topological polar surface area (TPSA) is 110 Å². The van der Waals surface area contributed by atoms with Gasteiger partial charge in [0.05, 0.1) is 36.1 Å². The van der Waals surface area contributed by atoms with Gasteiger partial charge >= 0.3 is 5.97 Å². The van der Waals surface area contributed by atoms with Crippen LogP contribution in [0.5, 0.6) is 0 Å². The highest BCUT2D eigenvalue weighted by Gasteiger charge is 2.27. The number of carboxylic acid groups (broad SMARTS) is 1. The third-order valence-corrected chi connectivity index (χ3v) is 5.41. The molecule has 1 aromatic carbocycles. The second kappa shape index (κ2) is 7.73. The van der Waals surface area contributed by atoms with Crippen LogP contribution in [0, 0.1) is 0 Å². The minimum atomic E-state index is -0.974. The molecule has 2 aromatic rings. The summed E-state index contributed by atoms with van der Waals surface area (Å²) in [6.45, 7) is 2.81. The Labute approximate surface area is 162 Å². The molecule has 4 rings (SSSR count). The molecule has 8 heteroatoms. The average molecular weight is 384 g/mol. The Kier molecular flexibility index (Phi) is 5.15. The van der Waals surface area contributed by atoms with Crippen molar-refractivity contribution in [2.45, 2.75) is 31.9 Å². The Bertz CT molecular complexity index is 894. The summed E-state index contributed by atoms with van der Waals surface area (Å²) in [7, 11) is 0. The molecule has 1 fully saturated rings. The molecule has 28 heavy (non-hydrogen) atoms. The van der Waals surface area contributed by atoms with Crippen molar-refractivity contribution in [2.24, 2.45) is 0 Å². The number of aliphatic hydroxyl groups excluding tert-OH is 1. The van der Waals surface area contributed by atoms with E-state index in [-0.39, 0.29) is 17.6 Å². The molecule has 0 unspecified atom stereocenters. The minimum Gasteiger partial charge on any atom is -0.478 e. The molecule has 8 nitrogen and oxygen atoms in total. The number of amides is 1. The van der Waals surface area contributed by atoms with Gasteiger partial charge in [-0.25, -0.2) is 9.78 Å². The average Bonchev–Trinajstić information content (AvgIpc) is 3.11. The number of fused-ring (bicyclic) bond motifs is 1. The fraction of sp³-hybridized carbons (Fsp3) is 0.450. The molecule has 1 aromatic heterocycles. The van der Waals surface area contributed by atoms with Gasteiger partial charge < -0.3 is 20.1 Å². The lowest BCUT2D eigenvalue weighted by atomic mass is 10.1. The van der Waals surface area contributed by atoms with Gasteiger partial charge in [-0.1, -0.05) is 12.1 Å². The Hall–Kier alpha value is -2.71. The zero-order chi connectivity index (χ0) is 19.7. The summed E-state index contributed by atoms with van der Waals surface area (Å²) in [4.78, 5) is 35.6. The van der Waals surface area contributed by atoms with Crippen molar-refractivity contribution in [2.75, 3.05) is 26.2 Å². The molecule has 1 saturated heterocycles. The third kappa shape index (κ3) is 3.93. The quantitative estimate of drug-likeness (QED) is 0.729. The predicted molar refractivity (Wildman–Crippen MR) is 102 cm³/mol. The number of hydrogen-bond acceptors (Lipinski definition) is 5. The number of aromatic amines is 1. The van der Waals surface area contributed by atoms with Crippen molar-refractivity contribution in [1.29, 1.82) is 0 Å². The molecule has 0 bridgehead atoms. The van der Waals surface area contributed by atoms with Crippen LogP contribution >= 0.6 is 0 Å². The van der Waals surface area contributed by atoms with Gasteiger partial charge in [0.2, 0.25) is 5.91 Å². The maximum absolute atomic E-state index is 12.7. The van der Waals surface area contributed by atoms with Crippen LogP contribution in [0.2, 0.25) is 0 Å². The zero-order valence-corrected chi connectivity index (χ0v) is 15.6. The lowest BCUT2D eigenvalue weighted by Crippen LogP contribution is -2.46. The van der Waals surface area contributed by atoms with E-state index in [9.17, 15) is 19.8 Å². The van der Waals surface area contributed by atoms with E-state index in [2.05, 4.69) is 9.97 Å². The lowest BCUT2D eigenvalue weighted by molar-refractivity contribution is -0.134. The van der Waals surface area contributed by atoms with Crippen molar-refractivity contribution in [3.8, 4) is 11.4 Å². The van der Waals surface area contributed by atoms with E-state index in [1.807, 2.05) is 15.9 Å². The largest absolute Gasteiger partial charge is 0.478 e. The van der Waals surface area contributed by atoms with E-state index >= 15 is 0 Å². The Morgan fingerprint density at radius 1 is 1.29 bits per heavy atom. The summed E-state index contributed by atoms with van der Waals surface area (Å²) >= 11 is 0. The standard InChI is InChI=1S/C20H24N4O4/c25-15-5-2-7-23(10-15)12-18(26)24-8-6-16-17(11-24)22-19(21-16)13-3-1-4-14(9-13)20(27)28/h1,3-4,9,15,25H,2,5-8,10-12H2,(H,21,22)(H,27,28)/t15-/m1/s1. The second-order valence-corrected chi connectivity index (χ2v) is 7.49. The molecule has 2 aliphatic heterocycles. The van der Waals surface area contributed by atoms with Gasteiger partial charge in [-0.2, -0.15) is 0 Å². The number of piperidine rings is 1. The normalized spacial score (nSPS) is 20.0. The van der Waals surface area contributed by atoms with E-state index in [4.69, 9.17) is 0 Å². The zero-order valence-electron chi connectivity index (χ0n) is 15.6. The van der Waals surface area contributed by atoms with E-state index in [1.165, 1.54) is 0 Å². The maximum Gasteiger partial charge on any atom is 0.335 e. The number of carbonyl (C=O) groups is 2. The van der Waals surface area contributed by atoms with E-state index in [1.54, 1.807) is 18.2 Å². The fourth-order valence-electron chi connectivity index (χ4n) is 3.91. The summed E-state index contributed by atoms with van der Waals surface area (Å²) in [6.07, 6.45) is 2.04. The molecule has 0 radical (unpaired) electrons. The SMILES string of the molecule is O=C(O)c1cccc(-c2nc3c([nH]2)CN(C(=O)CN2CCC[C@@H](O)C2)CC3)c1. The van der Waals surface area contributed by atoms with Crippen molar-refractivity contribution >= 4 is 11.9 Å². The highest BCUT2D eigenvalue weighted by Crippen LogP contribution is 2.24.